The van der Waals surface area contributed by atoms with Crippen LogP contribution in [0.5, 0.6) is 0 Å². The zero-order valence-electron chi connectivity index (χ0n) is 12.8. The Hall–Kier alpha value is -2.75. The lowest BCUT2D eigenvalue weighted by Crippen LogP contribution is -2.24. The number of benzene rings is 2. The Bertz CT molecular complexity index is 791. The van der Waals surface area contributed by atoms with E-state index in [0.717, 1.165) is 11.1 Å². The number of hydrogen-bond donors (Lipinski definition) is 1. The van der Waals surface area contributed by atoms with E-state index in [0.29, 0.717) is 24.4 Å². The number of carbonyl (C=O) groups excluding carboxylic acids is 1. The second kappa shape index (κ2) is 6.57. The molecular weight excluding hydrogens is 291 g/mol. The monoisotopic (exact) mass is 308 g/mol. The smallest absolute Gasteiger partial charge is 0.275 e. The molecule has 1 N–H and O–H groups in total. The van der Waals surface area contributed by atoms with Crippen LogP contribution in [0.15, 0.2) is 59.2 Å². The van der Waals surface area contributed by atoms with Crippen LogP contribution in [0.2, 0.25) is 0 Å². The van der Waals surface area contributed by atoms with Crippen molar-refractivity contribution in [3.8, 4) is 0 Å². The SMILES string of the molecule is Cc1ccc(/C=C2/N=C(CCc3cccc(F)c3)NC2=O)cc1. The van der Waals surface area contributed by atoms with Gasteiger partial charge in [0.1, 0.15) is 17.3 Å². The number of carbonyl (C=O) groups is 1. The van der Waals surface area contributed by atoms with Crippen molar-refractivity contribution >= 4 is 17.8 Å². The molecule has 4 heteroatoms. The molecule has 0 bridgehead atoms. The summed E-state index contributed by atoms with van der Waals surface area (Å²) in [5.41, 5.74) is 3.40. The molecule has 3 rings (SSSR count). The summed E-state index contributed by atoms with van der Waals surface area (Å²) in [6.07, 6.45) is 2.97. The number of amidine groups is 1. The molecule has 116 valence electrons. The zero-order chi connectivity index (χ0) is 16.2. The van der Waals surface area contributed by atoms with Crippen molar-refractivity contribution < 1.29 is 9.18 Å². The van der Waals surface area contributed by atoms with E-state index < -0.39 is 0 Å². The Kier molecular flexibility index (Phi) is 4.33. The summed E-state index contributed by atoms with van der Waals surface area (Å²) in [7, 11) is 0. The topological polar surface area (TPSA) is 41.5 Å². The van der Waals surface area contributed by atoms with Gasteiger partial charge >= 0.3 is 0 Å². The minimum Gasteiger partial charge on any atom is -0.309 e. The highest BCUT2D eigenvalue weighted by Gasteiger charge is 2.19. The van der Waals surface area contributed by atoms with E-state index >= 15 is 0 Å². The van der Waals surface area contributed by atoms with Crippen molar-refractivity contribution in [1.82, 2.24) is 5.32 Å². The van der Waals surface area contributed by atoms with Gasteiger partial charge in [-0.3, -0.25) is 4.79 Å². The summed E-state index contributed by atoms with van der Waals surface area (Å²) in [6, 6.07) is 14.4. The molecule has 2 aromatic rings. The average molecular weight is 308 g/mol. The van der Waals surface area contributed by atoms with Crippen molar-refractivity contribution in [2.45, 2.75) is 19.8 Å². The average Bonchev–Trinajstić information content (AvgIpc) is 2.88. The maximum Gasteiger partial charge on any atom is 0.275 e. The van der Waals surface area contributed by atoms with Crippen molar-refractivity contribution in [2.75, 3.05) is 0 Å². The largest absolute Gasteiger partial charge is 0.309 e. The van der Waals surface area contributed by atoms with E-state index in [-0.39, 0.29) is 11.7 Å². The summed E-state index contributed by atoms with van der Waals surface area (Å²) in [6.45, 7) is 2.02. The van der Waals surface area contributed by atoms with Gasteiger partial charge in [-0.1, -0.05) is 42.0 Å². The molecule has 0 radical (unpaired) electrons. The highest BCUT2D eigenvalue weighted by Crippen LogP contribution is 2.15. The van der Waals surface area contributed by atoms with E-state index in [9.17, 15) is 9.18 Å². The molecular formula is C19H17FN2O. The van der Waals surface area contributed by atoms with Gasteiger partial charge in [0.25, 0.3) is 5.91 Å². The first-order valence-electron chi connectivity index (χ1n) is 7.52. The van der Waals surface area contributed by atoms with Crippen LogP contribution in [0.25, 0.3) is 6.08 Å². The van der Waals surface area contributed by atoms with E-state index in [1.54, 1.807) is 12.1 Å². The Labute approximate surface area is 134 Å². The third-order valence-corrected chi connectivity index (χ3v) is 3.67. The van der Waals surface area contributed by atoms with Crippen LogP contribution in [0, 0.1) is 12.7 Å². The number of aliphatic imine (C=N–C) groups is 1. The Morgan fingerprint density at radius 1 is 1.13 bits per heavy atom. The first-order valence-corrected chi connectivity index (χ1v) is 7.52. The molecule has 0 saturated carbocycles. The van der Waals surface area contributed by atoms with Gasteiger partial charge in [-0.15, -0.1) is 0 Å². The van der Waals surface area contributed by atoms with Gasteiger partial charge in [-0.05, 0) is 42.7 Å². The van der Waals surface area contributed by atoms with E-state index in [1.165, 1.54) is 17.7 Å². The minimum absolute atomic E-state index is 0.195. The first kappa shape index (κ1) is 15.2. The van der Waals surface area contributed by atoms with Crippen molar-refractivity contribution in [1.29, 1.82) is 0 Å². The summed E-state index contributed by atoms with van der Waals surface area (Å²) in [5.74, 6) is 0.178. The molecule has 0 saturated heterocycles. The molecule has 0 spiro atoms. The Balaban J connectivity index is 1.70. The van der Waals surface area contributed by atoms with Gasteiger partial charge in [0.15, 0.2) is 0 Å². The fraction of sp³-hybridized carbons (Fsp3) is 0.158. The molecule has 23 heavy (non-hydrogen) atoms. The van der Waals surface area contributed by atoms with Gasteiger partial charge < -0.3 is 5.32 Å². The lowest BCUT2D eigenvalue weighted by molar-refractivity contribution is -0.115. The van der Waals surface area contributed by atoms with E-state index in [1.807, 2.05) is 37.3 Å². The molecule has 2 aromatic carbocycles. The number of aryl methyl sites for hydroxylation is 2. The minimum atomic E-state index is -0.250. The van der Waals surface area contributed by atoms with E-state index in [4.69, 9.17) is 0 Å². The van der Waals surface area contributed by atoms with Gasteiger partial charge in [-0.25, -0.2) is 9.38 Å². The van der Waals surface area contributed by atoms with E-state index in [2.05, 4.69) is 10.3 Å². The van der Waals surface area contributed by atoms with Gasteiger partial charge in [0.05, 0.1) is 0 Å². The van der Waals surface area contributed by atoms with Crippen LogP contribution < -0.4 is 5.32 Å². The molecule has 1 amide bonds. The van der Waals surface area contributed by atoms with Crippen LogP contribution in [0.4, 0.5) is 4.39 Å². The van der Waals surface area contributed by atoms with Crippen LogP contribution in [0.1, 0.15) is 23.1 Å². The molecule has 0 unspecified atom stereocenters. The molecule has 1 heterocycles. The fourth-order valence-electron chi connectivity index (χ4n) is 2.41. The number of rotatable bonds is 4. The maximum atomic E-state index is 13.2. The second-order valence-electron chi connectivity index (χ2n) is 5.58. The van der Waals surface area contributed by atoms with Crippen LogP contribution in [-0.2, 0) is 11.2 Å². The molecule has 0 fully saturated rings. The highest BCUT2D eigenvalue weighted by molar-refractivity contribution is 6.14. The number of nitrogens with one attached hydrogen (secondary N) is 1. The van der Waals surface area contributed by atoms with Crippen molar-refractivity contribution in [2.24, 2.45) is 4.99 Å². The van der Waals surface area contributed by atoms with Crippen LogP contribution >= 0.6 is 0 Å². The highest BCUT2D eigenvalue weighted by atomic mass is 19.1. The lowest BCUT2D eigenvalue weighted by Gasteiger charge is -2.01. The second-order valence-corrected chi connectivity index (χ2v) is 5.58. The maximum absolute atomic E-state index is 13.2. The number of amides is 1. The molecule has 0 aromatic heterocycles. The predicted molar refractivity (Wildman–Crippen MR) is 89.5 cm³/mol. The summed E-state index contributed by atoms with van der Waals surface area (Å²) < 4.78 is 13.2. The molecule has 0 aliphatic carbocycles. The molecule has 1 aliphatic rings. The number of halogens is 1. The lowest BCUT2D eigenvalue weighted by atomic mass is 10.1. The molecule has 0 atom stereocenters. The molecule has 1 aliphatic heterocycles. The normalized spacial score (nSPS) is 15.7. The third-order valence-electron chi connectivity index (χ3n) is 3.67. The Morgan fingerprint density at radius 3 is 2.65 bits per heavy atom. The zero-order valence-corrected chi connectivity index (χ0v) is 12.8. The quantitative estimate of drug-likeness (QED) is 0.861. The van der Waals surface area contributed by atoms with Crippen molar-refractivity contribution in [3.63, 3.8) is 0 Å². The van der Waals surface area contributed by atoms with Gasteiger partial charge in [0.2, 0.25) is 0 Å². The van der Waals surface area contributed by atoms with Gasteiger partial charge in [-0.2, -0.15) is 0 Å². The first-order chi connectivity index (χ1) is 11.1. The number of nitrogens with zero attached hydrogens (tertiary/aromatic N) is 1. The predicted octanol–water partition coefficient (Wildman–Crippen LogP) is 3.64. The Morgan fingerprint density at radius 2 is 1.91 bits per heavy atom. The van der Waals surface area contributed by atoms with Crippen LogP contribution in [-0.4, -0.2) is 11.7 Å². The van der Waals surface area contributed by atoms with Crippen LogP contribution in [0.3, 0.4) is 0 Å². The van der Waals surface area contributed by atoms with Crippen molar-refractivity contribution in [3.05, 3.63) is 76.7 Å². The number of hydrogen-bond acceptors (Lipinski definition) is 2. The summed E-state index contributed by atoms with van der Waals surface area (Å²) >= 11 is 0. The summed E-state index contributed by atoms with van der Waals surface area (Å²) in [4.78, 5) is 16.3. The third kappa shape index (κ3) is 3.92. The summed E-state index contributed by atoms with van der Waals surface area (Å²) in [5, 5.41) is 2.77. The van der Waals surface area contributed by atoms with Gasteiger partial charge in [0, 0.05) is 6.42 Å². The fourth-order valence-corrected chi connectivity index (χ4v) is 2.41. The molecule has 3 nitrogen and oxygen atoms in total. The standard InChI is InChI=1S/C19H17FN2O/c1-13-5-7-15(8-6-13)12-17-19(23)22-18(21-17)10-9-14-3-2-4-16(20)11-14/h2-8,11-12H,9-10H2,1H3,(H,21,22,23)/b17-12+.